The smallest absolute Gasteiger partial charge is 0.233 e. The molecule has 0 aliphatic carbocycles. The van der Waals surface area contributed by atoms with E-state index in [0.717, 1.165) is 31.9 Å². The number of carbonyl (C=O) groups is 1. The maximum atomic E-state index is 11.4. The summed E-state index contributed by atoms with van der Waals surface area (Å²) in [6, 6.07) is 8.50. The number of rotatable bonds is 5. The summed E-state index contributed by atoms with van der Waals surface area (Å²) in [5.41, 5.74) is 1.22. The van der Waals surface area contributed by atoms with Crippen molar-refractivity contribution in [2.75, 3.05) is 46.9 Å². The number of methoxy groups -OCH3 is 1. The SMILES string of the molecule is CNC(=O)CN1CCN(C(C)c2ccccc2OC)CC1. The van der Waals surface area contributed by atoms with Gasteiger partial charge in [-0.05, 0) is 13.0 Å². The predicted molar refractivity (Wildman–Crippen MR) is 83.5 cm³/mol. The molecule has 1 aromatic rings. The zero-order valence-corrected chi connectivity index (χ0v) is 13.1. The van der Waals surface area contributed by atoms with Gasteiger partial charge < -0.3 is 10.1 Å². The average molecular weight is 291 g/mol. The molecule has 21 heavy (non-hydrogen) atoms. The number of benzene rings is 1. The van der Waals surface area contributed by atoms with E-state index in [9.17, 15) is 4.79 Å². The van der Waals surface area contributed by atoms with Crippen molar-refractivity contribution in [3.63, 3.8) is 0 Å². The zero-order chi connectivity index (χ0) is 15.2. The number of hydrogen-bond donors (Lipinski definition) is 1. The van der Waals surface area contributed by atoms with E-state index in [2.05, 4.69) is 34.2 Å². The summed E-state index contributed by atoms with van der Waals surface area (Å²) in [5.74, 6) is 1.03. The number of nitrogens with zero attached hydrogens (tertiary/aromatic N) is 2. The first-order valence-electron chi connectivity index (χ1n) is 7.45. The lowest BCUT2D eigenvalue weighted by Crippen LogP contribution is -2.49. The summed E-state index contributed by atoms with van der Waals surface area (Å²) in [4.78, 5) is 16.1. The maximum Gasteiger partial charge on any atom is 0.233 e. The van der Waals surface area contributed by atoms with Gasteiger partial charge in [0.25, 0.3) is 0 Å². The highest BCUT2D eigenvalue weighted by Gasteiger charge is 2.24. The Hall–Kier alpha value is -1.59. The second-order valence-corrected chi connectivity index (χ2v) is 5.40. The molecule has 1 heterocycles. The van der Waals surface area contributed by atoms with Crippen LogP contribution >= 0.6 is 0 Å². The summed E-state index contributed by atoms with van der Waals surface area (Å²) >= 11 is 0. The fourth-order valence-corrected chi connectivity index (χ4v) is 2.80. The minimum atomic E-state index is 0.0845. The van der Waals surface area contributed by atoms with Crippen molar-refractivity contribution in [3.05, 3.63) is 29.8 Å². The van der Waals surface area contributed by atoms with Gasteiger partial charge in [0.05, 0.1) is 13.7 Å². The van der Waals surface area contributed by atoms with Gasteiger partial charge in [-0.3, -0.25) is 14.6 Å². The summed E-state index contributed by atoms with van der Waals surface area (Å²) in [5, 5.41) is 2.68. The molecule has 0 bridgehead atoms. The lowest BCUT2D eigenvalue weighted by molar-refractivity contribution is -0.122. The lowest BCUT2D eigenvalue weighted by atomic mass is 10.0. The number of ether oxygens (including phenoxy) is 1. The lowest BCUT2D eigenvalue weighted by Gasteiger charge is -2.38. The molecule has 1 aromatic carbocycles. The molecule has 1 aliphatic heterocycles. The average Bonchev–Trinajstić information content (AvgIpc) is 2.54. The van der Waals surface area contributed by atoms with Crippen molar-refractivity contribution >= 4 is 5.91 Å². The Morgan fingerprint density at radius 1 is 1.29 bits per heavy atom. The van der Waals surface area contributed by atoms with Crippen molar-refractivity contribution < 1.29 is 9.53 Å². The summed E-state index contributed by atoms with van der Waals surface area (Å²) in [6.07, 6.45) is 0. The molecule has 0 saturated carbocycles. The molecule has 116 valence electrons. The van der Waals surface area contributed by atoms with Crippen LogP contribution in [0.3, 0.4) is 0 Å². The third kappa shape index (κ3) is 3.95. The fourth-order valence-electron chi connectivity index (χ4n) is 2.80. The van der Waals surface area contributed by atoms with E-state index in [1.807, 2.05) is 12.1 Å². The van der Waals surface area contributed by atoms with Gasteiger partial charge >= 0.3 is 0 Å². The van der Waals surface area contributed by atoms with E-state index in [4.69, 9.17) is 4.74 Å². The number of hydrogen-bond acceptors (Lipinski definition) is 4. The molecule has 1 fully saturated rings. The zero-order valence-electron chi connectivity index (χ0n) is 13.1. The molecule has 0 spiro atoms. The normalized spacial score (nSPS) is 18.2. The quantitative estimate of drug-likeness (QED) is 0.883. The molecule has 0 radical (unpaired) electrons. The third-order valence-corrected chi connectivity index (χ3v) is 4.19. The summed E-state index contributed by atoms with van der Waals surface area (Å²) < 4.78 is 5.46. The highest BCUT2D eigenvalue weighted by molar-refractivity contribution is 5.77. The second-order valence-electron chi connectivity index (χ2n) is 5.40. The molecule has 1 N–H and O–H groups in total. The highest BCUT2D eigenvalue weighted by Crippen LogP contribution is 2.29. The molecule has 5 heteroatoms. The molecule has 2 rings (SSSR count). The van der Waals surface area contributed by atoms with E-state index < -0.39 is 0 Å². The fraction of sp³-hybridized carbons (Fsp3) is 0.562. The van der Waals surface area contributed by atoms with Gasteiger partial charge in [0.15, 0.2) is 0 Å². The van der Waals surface area contributed by atoms with Crippen LogP contribution in [0.2, 0.25) is 0 Å². The Labute approximate surface area is 126 Å². The topological polar surface area (TPSA) is 44.8 Å². The summed E-state index contributed by atoms with van der Waals surface area (Å²) in [6.45, 7) is 6.49. The largest absolute Gasteiger partial charge is 0.496 e. The van der Waals surface area contributed by atoms with E-state index in [1.54, 1.807) is 14.2 Å². The second kappa shape index (κ2) is 7.43. The molecule has 1 amide bonds. The maximum absolute atomic E-state index is 11.4. The minimum Gasteiger partial charge on any atom is -0.496 e. The van der Waals surface area contributed by atoms with Crippen LogP contribution in [0.1, 0.15) is 18.5 Å². The Morgan fingerprint density at radius 3 is 2.57 bits per heavy atom. The van der Waals surface area contributed by atoms with Crippen LogP contribution in [0, 0.1) is 0 Å². The number of nitrogens with one attached hydrogen (secondary N) is 1. The number of amides is 1. The van der Waals surface area contributed by atoms with Crippen LogP contribution in [-0.2, 0) is 4.79 Å². The first-order valence-corrected chi connectivity index (χ1v) is 7.45. The van der Waals surface area contributed by atoms with E-state index >= 15 is 0 Å². The van der Waals surface area contributed by atoms with Crippen molar-refractivity contribution in [2.45, 2.75) is 13.0 Å². The predicted octanol–water partition coefficient (Wildman–Crippen LogP) is 1.12. The summed E-state index contributed by atoms with van der Waals surface area (Å²) in [7, 11) is 3.40. The van der Waals surface area contributed by atoms with Crippen LogP contribution in [0.4, 0.5) is 0 Å². The Balaban J connectivity index is 1.94. The first kappa shape index (κ1) is 15.8. The van der Waals surface area contributed by atoms with Crippen LogP contribution < -0.4 is 10.1 Å². The van der Waals surface area contributed by atoms with E-state index in [-0.39, 0.29) is 5.91 Å². The van der Waals surface area contributed by atoms with Crippen molar-refractivity contribution in [1.82, 2.24) is 15.1 Å². The first-order chi connectivity index (χ1) is 10.2. The molecular formula is C16H25N3O2. The van der Waals surface area contributed by atoms with Crippen LogP contribution in [0.15, 0.2) is 24.3 Å². The molecule has 5 nitrogen and oxygen atoms in total. The van der Waals surface area contributed by atoms with Gasteiger partial charge in [-0.25, -0.2) is 0 Å². The van der Waals surface area contributed by atoms with E-state index in [1.165, 1.54) is 5.56 Å². The standard InChI is InChI=1S/C16H25N3O2/c1-13(14-6-4-5-7-15(14)21-3)19-10-8-18(9-11-19)12-16(20)17-2/h4-7,13H,8-12H2,1-3H3,(H,17,20). The molecule has 1 saturated heterocycles. The Kier molecular flexibility index (Phi) is 5.59. The molecule has 1 atom stereocenters. The Bertz CT molecular complexity index is 470. The monoisotopic (exact) mass is 291 g/mol. The van der Waals surface area contributed by atoms with Crippen molar-refractivity contribution in [1.29, 1.82) is 0 Å². The van der Waals surface area contributed by atoms with Gasteiger partial charge in [-0.2, -0.15) is 0 Å². The molecule has 1 aliphatic rings. The molecule has 1 unspecified atom stereocenters. The number of piperazine rings is 1. The van der Waals surface area contributed by atoms with Crippen molar-refractivity contribution in [3.8, 4) is 5.75 Å². The third-order valence-electron chi connectivity index (χ3n) is 4.19. The van der Waals surface area contributed by atoms with Crippen LogP contribution in [0.25, 0.3) is 0 Å². The van der Waals surface area contributed by atoms with Crippen molar-refractivity contribution in [2.24, 2.45) is 0 Å². The van der Waals surface area contributed by atoms with Gasteiger partial charge in [0, 0.05) is 44.8 Å². The van der Waals surface area contributed by atoms with Crippen LogP contribution in [-0.4, -0.2) is 62.6 Å². The van der Waals surface area contributed by atoms with Gasteiger partial charge in [-0.15, -0.1) is 0 Å². The number of para-hydroxylation sites is 1. The number of likely N-dealkylation sites (N-methyl/N-ethyl adjacent to an activating group) is 1. The highest BCUT2D eigenvalue weighted by atomic mass is 16.5. The molecular weight excluding hydrogens is 266 g/mol. The van der Waals surface area contributed by atoms with Gasteiger partial charge in [0.1, 0.15) is 5.75 Å². The Morgan fingerprint density at radius 2 is 1.95 bits per heavy atom. The number of carbonyl (C=O) groups excluding carboxylic acids is 1. The minimum absolute atomic E-state index is 0.0845. The van der Waals surface area contributed by atoms with Crippen LogP contribution in [0.5, 0.6) is 5.75 Å². The van der Waals surface area contributed by atoms with Gasteiger partial charge in [0.2, 0.25) is 5.91 Å². The van der Waals surface area contributed by atoms with Gasteiger partial charge in [-0.1, -0.05) is 18.2 Å². The van der Waals surface area contributed by atoms with E-state index in [0.29, 0.717) is 12.6 Å². The molecule has 0 aromatic heterocycles.